The SMILES string of the molecule is CC(CCNC(=O)OCC1c2ccccc2-c2ccccc21)CCC(=O)NCC(=O)O. The summed E-state index contributed by atoms with van der Waals surface area (Å²) in [4.78, 5) is 34.2. The number of carbonyl (C=O) groups is 3. The van der Waals surface area contributed by atoms with Crippen molar-refractivity contribution in [2.45, 2.75) is 32.1 Å². The van der Waals surface area contributed by atoms with Crippen LogP contribution in [0, 0.1) is 5.92 Å². The molecule has 0 heterocycles. The highest BCUT2D eigenvalue weighted by molar-refractivity contribution is 5.81. The molecule has 164 valence electrons. The number of hydrogen-bond donors (Lipinski definition) is 3. The summed E-state index contributed by atoms with van der Waals surface area (Å²) < 4.78 is 5.50. The van der Waals surface area contributed by atoms with Crippen LogP contribution in [0.2, 0.25) is 0 Å². The van der Waals surface area contributed by atoms with Crippen molar-refractivity contribution in [2.75, 3.05) is 19.7 Å². The number of alkyl carbamates (subject to hydrolysis) is 1. The molecule has 0 bridgehead atoms. The van der Waals surface area contributed by atoms with Crippen molar-refractivity contribution in [3.05, 3.63) is 59.7 Å². The quantitative estimate of drug-likeness (QED) is 0.541. The van der Waals surface area contributed by atoms with Crippen LogP contribution in [0.3, 0.4) is 0 Å². The second kappa shape index (κ2) is 10.6. The molecule has 7 nitrogen and oxygen atoms in total. The lowest BCUT2D eigenvalue weighted by Gasteiger charge is -2.15. The molecule has 0 radical (unpaired) electrons. The highest BCUT2D eigenvalue weighted by Gasteiger charge is 2.28. The van der Waals surface area contributed by atoms with Gasteiger partial charge in [0.25, 0.3) is 0 Å². The zero-order valence-corrected chi connectivity index (χ0v) is 17.6. The van der Waals surface area contributed by atoms with Gasteiger partial charge in [0.1, 0.15) is 13.2 Å². The van der Waals surface area contributed by atoms with Crippen LogP contribution in [-0.2, 0) is 14.3 Å². The van der Waals surface area contributed by atoms with Gasteiger partial charge in [-0.3, -0.25) is 9.59 Å². The minimum absolute atomic E-state index is 0.0291. The summed E-state index contributed by atoms with van der Waals surface area (Å²) in [6.45, 7) is 2.36. The number of rotatable bonds is 10. The third-order valence-electron chi connectivity index (χ3n) is 5.55. The molecular weight excluding hydrogens is 396 g/mol. The van der Waals surface area contributed by atoms with Crippen molar-refractivity contribution in [3.8, 4) is 11.1 Å². The van der Waals surface area contributed by atoms with Gasteiger partial charge in [-0.15, -0.1) is 0 Å². The average molecular weight is 424 g/mol. The van der Waals surface area contributed by atoms with Gasteiger partial charge in [0, 0.05) is 18.9 Å². The third-order valence-corrected chi connectivity index (χ3v) is 5.55. The van der Waals surface area contributed by atoms with Gasteiger partial charge in [0.05, 0.1) is 0 Å². The number of carboxylic acids is 1. The number of amides is 2. The zero-order chi connectivity index (χ0) is 22.2. The van der Waals surface area contributed by atoms with E-state index in [9.17, 15) is 14.4 Å². The summed E-state index contributed by atoms with van der Waals surface area (Å²) in [7, 11) is 0. The van der Waals surface area contributed by atoms with Crippen molar-refractivity contribution in [2.24, 2.45) is 5.92 Å². The lowest BCUT2D eigenvalue weighted by Crippen LogP contribution is -2.30. The molecule has 2 amide bonds. The van der Waals surface area contributed by atoms with E-state index in [0.717, 1.165) is 0 Å². The molecule has 0 saturated heterocycles. The molecule has 3 rings (SSSR count). The molecule has 2 aromatic rings. The van der Waals surface area contributed by atoms with Gasteiger partial charge in [-0.2, -0.15) is 0 Å². The Morgan fingerprint density at radius 3 is 2.19 bits per heavy atom. The minimum Gasteiger partial charge on any atom is -0.480 e. The van der Waals surface area contributed by atoms with E-state index >= 15 is 0 Å². The predicted molar refractivity (Wildman–Crippen MR) is 117 cm³/mol. The van der Waals surface area contributed by atoms with Gasteiger partial charge in [-0.1, -0.05) is 55.5 Å². The number of carboxylic acid groups (broad SMARTS) is 1. The van der Waals surface area contributed by atoms with Gasteiger partial charge in [0.15, 0.2) is 0 Å². The van der Waals surface area contributed by atoms with Crippen LogP contribution in [0.25, 0.3) is 11.1 Å². The first-order valence-electron chi connectivity index (χ1n) is 10.5. The molecule has 0 aromatic heterocycles. The van der Waals surface area contributed by atoms with Crippen LogP contribution in [-0.4, -0.2) is 42.8 Å². The maximum Gasteiger partial charge on any atom is 0.407 e. The van der Waals surface area contributed by atoms with E-state index in [0.29, 0.717) is 19.4 Å². The van der Waals surface area contributed by atoms with Crippen LogP contribution in [0.1, 0.15) is 43.2 Å². The maximum atomic E-state index is 12.2. The van der Waals surface area contributed by atoms with Crippen LogP contribution in [0.15, 0.2) is 48.5 Å². The Labute approximate surface area is 181 Å². The lowest BCUT2D eigenvalue weighted by molar-refractivity contribution is -0.138. The summed E-state index contributed by atoms with van der Waals surface area (Å²) in [5.41, 5.74) is 4.72. The molecular formula is C24H28N2O5. The Morgan fingerprint density at radius 2 is 1.58 bits per heavy atom. The summed E-state index contributed by atoms with van der Waals surface area (Å²) in [6, 6.07) is 16.4. The Balaban J connectivity index is 1.39. The van der Waals surface area contributed by atoms with Gasteiger partial charge < -0.3 is 20.5 Å². The third kappa shape index (κ3) is 6.07. The molecule has 1 unspecified atom stereocenters. The summed E-state index contributed by atoms with van der Waals surface area (Å²) in [5.74, 6) is -1.10. The van der Waals surface area contributed by atoms with Crippen molar-refractivity contribution < 1.29 is 24.2 Å². The normalized spacial score (nSPS) is 13.1. The molecule has 1 aliphatic carbocycles. The topological polar surface area (TPSA) is 105 Å². The fraction of sp³-hybridized carbons (Fsp3) is 0.375. The van der Waals surface area contributed by atoms with Crippen LogP contribution in [0.4, 0.5) is 4.79 Å². The first-order valence-corrected chi connectivity index (χ1v) is 10.5. The molecule has 31 heavy (non-hydrogen) atoms. The van der Waals surface area contributed by atoms with Gasteiger partial charge in [-0.25, -0.2) is 4.79 Å². The Hall–Kier alpha value is -3.35. The molecule has 0 spiro atoms. The molecule has 2 aromatic carbocycles. The van der Waals surface area contributed by atoms with Gasteiger partial charge in [-0.05, 0) is 41.0 Å². The van der Waals surface area contributed by atoms with Crippen LogP contribution < -0.4 is 10.6 Å². The lowest BCUT2D eigenvalue weighted by atomic mass is 9.98. The van der Waals surface area contributed by atoms with E-state index in [1.807, 2.05) is 31.2 Å². The second-order valence-electron chi connectivity index (χ2n) is 7.86. The van der Waals surface area contributed by atoms with Crippen LogP contribution >= 0.6 is 0 Å². The highest BCUT2D eigenvalue weighted by Crippen LogP contribution is 2.44. The Kier molecular flexibility index (Phi) is 7.65. The number of hydrogen-bond acceptors (Lipinski definition) is 4. The first kappa shape index (κ1) is 22.3. The second-order valence-corrected chi connectivity index (χ2v) is 7.86. The van der Waals surface area contributed by atoms with E-state index in [4.69, 9.17) is 9.84 Å². The monoisotopic (exact) mass is 424 g/mol. The molecule has 1 aliphatic rings. The fourth-order valence-corrected chi connectivity index (χ4v) is 3.85. The predicted octanol–water partition coefficient (Wildman–Crippen LogP) is 3.53. The molecule has 7 heteroatoms. The molecule has 0 aliphatic heterocycles. The van der Waals surface area contributed by atoms with E-state index in [2.05, 4.69) is 34.9 Å². The number of carbonyl (C=O) groups excluding carboxylic acids is 2. The van der Waals surface area contributed by atoms with E-state index < -0.39 is 12.1 Å². The molecule has 0 fully saturated rings. The van der Waals surface area contributed by atoms with Crippen molar-refractivity contribution in [1.29, 1.82) is 0 Å². The number of aliphatic carboxylic acids is 1. The van der Waals surface area contributed by atoms with E-state index in [-0.39, 0.29) is 37.3 Å². The van der Waals surface area contributed by atoms with Crippen molar-refractivity contribution in [1.82, 2.24) is 10.6 Å². The summed E-state index contributed by atoms with van der Waals surface area (Å²) in [6.07, 6.45) is 1.14. The standard InChI is InChI=1S/C24H28N2O5/c1-16(10-11-22(27)26-14-23(28)29)12-13-25-24(30)31-15-21-19-8-4-2-6-17(19)18-7-3-5-9-20(18)21/h2-9,16,21H,10-15H2,1H3,(H,25,30)(H,26,27)(H,28,29). The van der Waals surface area contributed by atoms with Gasteiger partial charge in [0.2, 0.25) is 5.91 Å². The molecule has 1 atom stereocenters. The van der Waals surface area contributed by atoms with Crippen molar-refractivity contribution in [3.63, 3.8) is 0 Å². The highest BCUT2D eigenvalue weighted by atomic mass is 16.5. The van der Waals surface area contributed by atoms with Gasteiger partial charge >= 0.3 is 12.1 Å². The van der Waals surface area contributed by atoms with Crippen LogP contribution in [0.5, 0.6) is 0 Å². The number of ether oxygens (including phenoxy) is 1. The first-order chi connectivity index (χ1) is 15.0. The van der Waals surface area contributed by atoms with Crippen molar-refractivity contribution >= 4 is 18.0 Å². The smallest absolute Gasteiger partial charge is 0.407 e. The van der Waals surface area contributed by atoms with E-state index in [1.54, 1.807) is 0 Å². The zero-order valence-electron chi connectivity index (χ0n) is 17.6. The number of benzene rings is 2. The largest absolute Gasteiger partial charge is 0.480 e. The fourth-order valence-electron chi connectivity index (χ4n) is 3.85. The molecule has 3 N–H and O–H groups in total. The summed E-state index contributed by atoms with van der Waals surface area (Å²) in [5, 5.41) is 13.7. The minimum atomic E-state index is -1.06. The average Bonchev–Trinajstić information content (AvgIpc) is 3.08. The number of nitrogens with one attached hydrogen (secondary N) is 2. The number of fused-ring (bicyclic) bond motifs is 3. The van der Waals surface area contributed by atoms with E-state index in [1.165, 1.54) is 22.3 Å². The summed E-state index contributed by atoms with van der Waals surface area (Å²) >= 11 is 0. The molecule has 0 saturated carbocycles. The maximum absolute atomic E-state index is 12.2. The Morgan fingerprint density at radius 1 is 0.968 bits per heavy atom. The Bertz CT molecular complexity index is 898.